The summed E-state index contributed by atoms with van der Waals surface area (Å²) in [5, 5.41) is 16.3. The first-order valence-corrected chi connectivity index (χ1v) is 8.61. The highest BCUT2D eigenvalue weighted by atomic mass is 16.5. The van der Waals surface area contributed by atoms with Gasteiger partial charge in [-0.15, -0.1) is 0 Å². The molecule has 0 bridgehead atoms. The summed E-state index contributed by atoms with van der Waals surface area (Å²) in [5.74, 6) is 1.71. The third-order valence-electron chi connectivity index (χ3n) is 3.92. The molecule has 130 valence electrons. The van der Waals surface area contributed by atoms with Gasteiger partial charge in [-0.25, -0.2) is 0 Å². The first-order valence-electron chi connectivity index (χ1n) is 8.61. The van der Waals surface area contributed by atoms with Crippen LogP contribution in [0.3, 0.4) is 0 Å². The van der Waals surface area contributed by atoms with Gasteiger partial charge < -0.3 is 24.9 Å². The predicted octanol–water partition coefficient (Wildman–Crippen LogP) is 2.04. The minimum Gasteiger partial charge on any atom is -0.467 e. The number of aliphatic hydroxyl groups excluding tert-OH is 1. The highest BCUT2D eigenvalue weighted by Gasteiger charge is 2.19. The van der Waals surface area contributed by atoms with E-state index in [0.29, 0.717) is 19.3 Å². The van der Waals surface area contributed by atoms with Crippen molar-refractivity contribution in [1.82, 2.24) is 10.6 Å². The van der Waals surface area contributed by atoms with Gasteiger partial charge in [-0.05, 0) is 51.2 Å². The number of nitrogens with zero attached hydrogens (tertiary/aromatic N) is 1. The first kappa shape index (κ1) is 17.8. The Morgan fingerprint density at radius 2 is 2.22 bits per heavy atom. The van der Waals surface area contributed by atoms with Crippen LogP contribution in [0.25, 0.3) is 0 Å². The molecule has 0 atom stereocenters. The van der Waals surface area contributed by atoms with Crippen molar-refractivity contribution < 1.29 is 14.3 Å². The number of nitrogens with one attached hydrogen (secondary N) is 2. The van der Waals surface area contributed by atoms with E-state index in [1.165, 1.54) is 0 Å². The fraction of sp³-hybridized carbons (Fsp3) is 0.706. The largest absolute Gasteiger partial charge is 0.467 e. The van der Waals surface area contributed by atoms with Gasteiger partial charge in [-0.1, -0.05) is 0 Å². The van der Waals surface area contributed by atoms with Crippen molar-refractivity contribution in [2.24, 2.45) is 4.99 Å². The monoisotopic (exact) mass is 323 g/mol. The molecule has 1 aromatic rings. The normalized spacial score (nSPS) is 22.1. The Hall–Kier alpha value is -1.53. The highest BCUT2D eigenvalue weighted by Crippen LogP contribution is 2.18. The van der Waals surface area contributed by atoms with Crippen LogP contribution in [0, 0.1) is 0 Å². The molecule has 1 aliphatic rings. The molecular formula is C17H29N3O3. The maximum atomic E-state index is 9.56. The van der Waals surface area contributed by atoms with E-state index < -0.39 is 0 Å². The molecule has 0 unspecified atom stereocenters. The van der Waals surface area contributed by atoms with Crippen LogP contribution in [0.1, 0.15) is 44.8 Å². The zero-order valence-electron chi connectivity index (χ0n) is 14.0. The second kappa shape index (κ2) is 10.3. The van der Waals surface area contributed by atoms with Crippen molar-refractivity contribution in [3.8, 4) is 0 Å². The molecule has 2 rings (SSSR count). The van der Waals surface area contributed by atoms with E-state index >= 15 is 0 Å². The fourth-order valence-corrected chi connectivity index (χ4v) is 2.66. The molecule has 0 radical (unpaired) electrons. The Kier molecular flexibility index (Phi) is 7.97. The van der Waals surface area contributed by atoms with E-state index in [1.54, 1.807) is 6.26 Å². The summed E-state index contributed by atoms with van der Waals surface area (Å²) in [6, 6.07) is 4.18. The van der Waals surface area contributed by atoms with Gasteiger partial charge in [0.25, 0.3) is 0 Å². The van der Waals surface area contributed by atoms with Gasteiger partial charge in [0.1, 0.15) is 12.4 Å². The number of aliphatic hydroxyl groups is 1. The molecule has 0 aromatic carbocycles. The maximum absolute atomic E-state index is 9.56. The summed E-state index contributed by atoms with van der Waals surface area (Å²) in [6.45, 7) is 4.81. The van der Waals surface area contributed by atoms with E-state index in [2.05, 4.69) is 22.5 Å². The van der Waals surface area contributed by atoms with Crippen LogP contribution >= 0.6 is 0 Å². The third kappa shape index (κ3) is 7.05. The van der Waals surface area contributed by atoms with Crippen LogP contribution in [0.15, 0.2) is 27.8 Å². The Morgan fingerprint density at radius 3 is 2.91 bits per heavy atom. The Balaban J connectivity index is 1.62. The summed E-state index contributed by atoms with van der Waals surface area (Å²) in [7, 11) is 0. The average molecular weight is 323 g/mol. The van der Waals surface area contributed by atoms with Gasteiger partial charge in [0.2, 0.25) is 0 Å². The second-order valence-corrected chi connectivity index (χ2v) is 5.90. The molecule has 1 fully saturated rings. The molecule has 0 saturated heterocycles. The van der Waals surface area contributed by atoms with Gasteiger partial charge >= 0.3 is 0 Å². The molecular weight excluding hydrogens is 294 g/mol. The lowest BCUT2D eigenvalue weighted by Gasteiger charge is -2.27. The van der Waals surface area contributed by atoms with Crippen molar-refractivity contribution in [2.75, 3.05) is 19.7 Å². The first-order chi connectivity index (χ1) is 11.3. The van der Waals surface area contributed by atoms with Crippen LogP contribution < -0.4 is 10.6 Å². The summed E-state index contributed by atoms with van der Waals surface area (Å²) >= 11 is 0. The summed E-state index contributed by atoms with van der Waals surface area (Å²) in [4.78, 5) is 4.59. The van der Waals surface area contributed by atoms with Crippen molar-refractivity contribution in [1.29, 1.82) is 0 Å². The van der Waals surface area contributed by atoms with Crippen LogP contribution in [0.4, 0.5) is 0 Å². The number of guanidine groups is 1. The molecule has 6 nitrogen and oxygen atoms in total. The Bertz CT molecular complexity index is 440. The van der Waals surface area contributed by atoms with Crippen molar-refractivity contribution in [3.05, 3.63) is 24.2 Å². The molecule has 1 heterocycles. The number of ether oxygens (including phenoxy) is 1. The van der Waals surface area contributed by atoms with Gasteiger partial charge in [0.15, 0.2) is 5.96 Å². The zero-order chi connectivity index (χ0) is 16.3. The summed E-state index contributed by atoms with van der Waals surface area (Å²) in [6.07, 6.45) is 6.15. The molecule has 1 aromatic heterocycles. The summed E-state index contributed by atoms with van der Waals surface area (Å²) < 4.78 is 10.8. The van der Waals surface area contributed by atoms with Gasteiger partial charge in [0.05, 0.1) is 12.4 Å². The molecule has 0 aliphatic heterocycles. The molecule has 3 N–H and O–H groups in total. The van der Waals surface area contributed by atoms with Crippen molar-refractivity contribution in [2.45, 2.75) is 57.8 Å². The van der Waals surface area contributed by atoms with Crippen LogP contribution in [-0.2, 0) is 11.3 Å². The van der Waals surface area contributed by atoms with E-state index in [-0.39, 0.29) is 6.10 Å². The number of rotatable bonds is 8. The van der Waals surface area contributed by atoms with Crippen molar-refractivity contribution in [3.63, 3.8) is 0 Å². The van der Waals surface area contributed by atoms with Crippen LogP contribution in [0.5, 0.6) is 0 Å². The molecule has 6 heteroatoms. The minimum absolute atomic E-state index is 0.126. The highest BCUT2D eigenvalue weighted by molar-refractivity contribution is 5.80. The average Bonchev–Trinajstić information content (AvgIpc) is 3.06. The molecule has 23 heavy (non-hydrogen) atoms. The molecule has 1 aliphatic carbocycles. The predicted molar refractivity (Wildman–Crippen MR) is 90.4 cm³/mol. The lowest BCUT2D eigenvalue weighted by atomic mass is 9.93. The maximum Gasteiger partial charge on any atom is 0.191 e. The minimum atomic E-state index is -0.126. The van der Waals surface area contributed by atoms with Gasteiger partial charge in [-0.3, -0.25) is 4.99 Å². The third-order valence-corrected chi connectivity index (χ3v) is 3.92. The number of hydrogen-bond donors (Lipinski definition) is 3. The van der Waals surface area contributed by atoms with E-state index in [0.717, 1.165) is 56.9 Å². The fourth-order valence-electron chi connectivity index (χ4n) is 2.66. The molecule has 1 saturated carbocycles. The van der Waals surface area contributed by atoms with Crippen LogP contribution in [0.2, 0.25) is 0 Å². The standard InChI is InChI=1S/C17H29N3O3/c1-2-18-17(20-14-6-8-15(21)9-7-14)19-10-4-11-22-13-16-5-3-12-23-16/h3,5,12,14-15,21H,2,4,6-11,13H2,1H3,(H2,18,19,20). The Morgan fingerprint density at radius 1 is 1.39 bits per heavy atom. The van der Waals surface area contributed by atoms with Gasteiger partial charge in [0, 0.05) is 25.7 Å². The molecule has 0 spiro atoms. The van der Waals surface area contributed by atoms with E-state index in [4.69, 9.17) is 9.15 Å². The van der Waals surface area contributed by atoms with E-state index in [1.807, 2.05) is 12.1 Å². The smallest absolute Gasteiger partial charge is 0.191 e. The topological polar surface area (TPSA) is 79.0 Å². The zero-order valence-corrected chi connectivity index (χ0v) is 14.0. The van der Waals surface area contributed by atoms with Crippen LogP contribution in [-0.4, -0.2) is 42.9 Å². The number of hydrogen-bond acceptors (Lipinski definition) is 4. The molecule has 0 amide bonds. The second-order valence-electron chi connectivity index (χ2n) is 5.90. The quantitative estimate of drug-likeness (QED) is 0.388. The Labute approximate surface area is 138 Å². The summed E-state index contributed by atoms with van der Waals surface area (Å²) in [5.41, 5.74) is 0. The van der Waals surface area contributed by atoms with E-state index in [9.17, 15) is 5.11 Å². The lowest BCUT2D eigenvalue weighted by Crippen LogP contribution is -2.45. The number of aliphatic imine (C=N–C) groups is 1. The number of furan rings is 1. The van der Waals surface area contributed by atoms with Crippen molar-refractivity contribution >= 4 is 5.96 Å². The SMILES string of the molecule is CCNC(=NCCCOCc1ccco1)NC1CCC(O)CC1. The van der Waals surface area contributed by atoms with Gasteiger partial charge in [-0.2, -0.15) is 0 Å². The lowest BCUT2D eigenvalue weighted by molar-refractivity contribution is 0.105.